The van der Waals surface area contributed by atoms with Crippen molar-refractivity contribution in [1.29, 1.82) is 0 Å². The van der Waals surface area contributed by atoms with Crippen LogP contribution in [0.4, 0.5) is 5.69 Å². The van der Waals surface area contributed by atoms with Gasteiger partial charge in [0, 0.05) is 35.7 Å². The predicted octanol–water partition coefficient (Wildman–Crippen LogP) is 4.32. The van der Waals surface area contributed by atoms with Gasteiger partial charge >= 0.3 is 0 Å². The number of nitrogens with one attached hydrogen (secondary N) is 2. The normalized spacial score (nSPS) is 10.6. The first-order chi connectivity index (χ1) is 13.6. The second-order valence-electron chi connectivity index (χ2n) is 6.00. The smallest absolute Gasteiger partial charge is 0.257 e. The van der Waals surface area contributed by atoms with Crippen molar-refractivity contribution in [1.82, 2.24) is 10.3 Å². The molecule has 2 N–H and O–H groups in total. The number of hydrogen-bond acceptors (Lipinski definition) is 3. The van der Waals surface area contributed by atoms with Gasteiger partial charge in [0.05, 0.1) is 5.56 Å². The lowest BCUT2D eigenvalue weighted by Gasteiger charge is -2.07. The van der Waals surface area contributed by atoms with Crippen molar-refractivity contribution in [2.45, 2.75) is 6.54 Å². The number of halogens is 1. The number of carbonyl (C=O) groups is 2. The number of amides is 2. The van der Waals surface area contributed by atoms with Crippen LogP contribution >= 0.6 is 11.6 Å². The molecule has 0 radical (unpaired) electrons. The highest BCUT2D eigenvalue weighted by atomic mass is 35.5. The van der Waals surface area contributed by atoms with Gasteiger partial charge in [-0.25, -0.2) is 0 Å². The van der Waals surface area contributed by atoms with Gasteiger partial charge in [-0.05, 0) is 53.6 Å². The first-order valence-corrected chi connectivity index (χ1v) is 9.00. The van der Waals surface area contributed by atoms with E-state index in [4.69, 9.17) is 11.6 Å². The molecule has 140 valence electrons. The van der Waals surface area contributed by atoms with Crippen molar-refractivity contribution >= 4 is 35.2 Å². The molecule has 1 heterocycles. The fraction of sp³-hybridized carbons (Fsp3) is 0.0455. The Kier molecular flexibility index (Phi) is 6.54. The van der Waals surface area contributed by atoms with Gasteiger partial charge in [0.2, 0.25) is 5.91 Å². The molecule has 0 aliphatic heterocycles. The minimum Gasteiger partial charge on any atom is -0.348 e. The molecular formula is C22H18ClN3O2. The molecule has 0 unspecified atom stereocenters. The Labute approximate surface area is 168 Å². The van der Waals surface area contributed by atoms with Crippen LogP contribution in [0.3, 0.4) is 0 Å². The Hall–Kier alpha value is -3.44. The van der Waals surface area contributed by atoms with Gasteiger partial charge in [-0.3, -0.25) is 14.6 Å². The average molecular weight is 392 g/mol. The first kappa shape index (κ1) is 19.3. The van der Waals surface area contributed by atoms with E-state index < -0.39 is 0 Å². The number of benzene rings is 2. The summed E-state index contributed by atoms with van der Waals surface area (Å²) in [4.78, 5) is 28.0. The lowest BCUT2D eigenvalue weighted by atomic mass is 10.2. The second kappa shape index (κ2) is 9.48. The third kappa shape index (κ3) is 5.79. The third-order valence-electron chi connectivity index (χ3n) is 3.90. The molecule has 0 atom stereocenters. The highest BCUT2D eigenvalue weighted by Gasteiger charge is 2.05. The van der Waals surface area contributed by atoms with Crippen LogP contribution in [0.5, 0.6) is 0 Å². The number of rotatable bonds is 6. The third-order valence-corrected chi connectivity index (χ3v) is 4.15. The molecule has 1 aromatic heterocycles. The summed E-state index contributed by atoms with van der Waals surface area (Å²) in [6, 6.07) is 17.9. The zero-order valence-electron chi connectivity index (χ0n) is 14.9. The van der Waals surface area contributed by atoms with E-state index in [1.165, 1.54) is 12.3 Å². The lowest BCUT2D eigenvalue weighted by molar-refractivity contribution is -0.116. The first-order valence-electron chi connectivity index (χ1n) is 8.62. The predicted molar refractivity (Wildman–Crippen MR) is 111 cm³/mol. The summed E-state index contributed by atoms with van der Waals surface area (Å²) < 4.78 is 0. The highest BCUT2D eigenvalue weighted by Crippen LogP contribution is 2.12. The molecule has 3 aromatic rings. The minimum absolute atomic E-state index is 0.191. The van der Waals surface area contributed by atoms with E-state index in [1.807, 2.05) is 24.3 Å². The summed E-state index contributed by atoms with van der Waals surface area (Å²) in [5.41, 5.74) is 2.98. The van der Waals surface area contributed by atoms with Gasteiger partial charge in [0.25, 0.3) is 5.91 Å². The summed E-state index contributed by atoms with van der Waals surface area (Å²) >= 11 is 5.83. The van der Waals surface area contributed by atoms with Crippen molar-refractivity contribution in [3.63, 3.8) is 0 Å². The molecule has 0 bridgehead atoms. The van der Waals surface area contributed by atoms with Crippen molar-refractivity contribution in [2.24, 2.45) is 0 Å². The Morgan fingerprint density at radius 2 is 1.75 bits per heavy atom. The quantitative estimate of drug-likeness (QED) is 0.615. The van der Waals surface area contributed by atoms with Crippen molar-refractivity contribution in [3.8, 4) is 0 Å². The molecule has 28 heavy (non-hydrogen) atoms. The summed E-state index contributed by atoms with van der Waals surface area (Å²) in [6.45, 7) is 0.390. The van der Waals surface area contributed by atoms with Crippen molar-refractivity contribution < 1.29 is 9.59 Å². The monoisotopic (exact) mass is 391 g/mol. The molecule has 6 heteroatoms. The number of pyridine rings is 1. The Morgan fingerprint density at radius 1 is 1.00 bits per heavy atom. The van der Waals surface area contributed by atoms with Gasteiger partial charge in [0.1, 0.15) is 0 Å². The maximum absolute atomic E-state index is 12.1. The number of aromatic nitrogens is 1. The SMILES string of the molecule is O=C(/C=C/c1ccc(Cl)cc1)NCc1ccc(NC(=O)c2cccnc2)cc1. The largest absolute Gasteiger partial charge is 0.348 e. The average Bonchev–Trinajstić information content (AvgIpc) is 2.73. The maximum Gasteiger partial charge on any atom is 0.257 e. The van der Waals surface area contributed by atoms with Crippen LogP contribution in [-0.4, -0.2) is 16.8 Å². The van der Waals surface area contributed by atoms with Gasteiger partial charge in [-0.1, -0.05) is 35.9 Å². The van der Waals surface area contributed by atoms with Gasteiger partial charge in [0.15, 0.2) is 0 Å². The van der Waals surface area contributed by atoms with Crippen LogP contribution < -0.4 is 10.6 Å². The molecule has 3 rings (SSSR count). The van der Waals surface area contributed by atoms with E-state index >= 15 is 0 Å². The topological polar surface area (TPSA) is 71.1 Å². The van der Waals surface area contributed by atoms with E-state index in [1.54, 1.807) is 48.7 Å². The summed E-state index contributed by atoms with van der Waals surface area (Å²) in [7, 11) is 0. The Bertz CT molecular complexity index is 969. The summed E-state index contributed by atoms with van der Waals surface area (Å²) in [5, 5.41) is 6.28. The maximum atomic E-state index is 12.1. The van der Waals surface area contributed by atoms with Crippen LogP contribution in [0.1, 0.15) is 21.5 Å². The Balaban J connectivity index is 1.49. The summed E-state index contributed by atoms with van der Waals surface area (Å²) in [5.74, 6) is -0.412. The minimum atomic E-state index is -0.221. The fourth-order valence-corrected chi connectivity index (χ4v) is 2.53. The molecule has 0 aliphatic carbocycles. The molecule has 0 saturated heterocycles. The van der Waals surface area contributed by atoms with E-state index in [0.717, 1.165) is 11.1 Å². The van der Waals surface area contributed by atoms with E-state index in [2.05, 4.69) is 15.6 Å². The van der Waals surface area contributed by atoms with Crippen molar-refractivity contribution in [3.05, 3.63) is 101 Å². The van der Waals surface area contributed by atoms with Crippen LogP contribution in [0.25, 0.3) is 6.08 Å². The fourth-order valence-electron chi connectivity index (χ4n) is 2.40. The molecular weight excluding hydrogens is 374 g/mol. The van der Waals surface area contributed by atoms with Crippen LogP contribution in [0.15, 0.2) is 79.1 Å². The molecule has 0 fully saturated rings. The van der Waals surface area contributed by atoms with Crippen LogP contribution in [0.2, 0.25) is 5.02 Å². The Morgan fingerprint density at radius 3 is 2.43 bits per heavy atom. The molecule has 5 nitrogen and oxygen atoms in total. The zero-order chi connectivity index (χ0) is 19.8. The van der Waals surface area contributed by atoms with Gasteiger partial charge < -0.3 is 10.6 Å². The second-order valence-corrected chi connectivity index (χ2v) is 6.43. The van der Waals surface area contributed by atoms with Crippen molar-refractivity contribution in [2.75, 3.05) is 5.32 Å². The number of hydrogen-bond donors (Lipinski definition) is 2. The van der Waals surface area contributed by atoms with E-state index in [0.29, 0.717) is 22.8 Å². The van der Waals surface area contributed by atoms with E-state index in [-0.39, 0.29) is 11.8 Å². The molecule has 0 aliphatic rings. The molecule has 2 aromatic carbocycles. The number of anilines is 1. The molecule has 2 amide bonds. The zero-order valence-corrected chi connectivity index (χ0v) is 15.7. The number of carbonyl (C=O) groups excluding carboxylic acids is 2. The summed E-state index contributed by atoms with van der Waals surface area (Å²) in [6.07, 6.45) is 6.33. The molecule has 0 saturated carbocycles. The lowest BCUT2D eigenvalue weighted by Crippen LogP contribution is -2.20. The van der Waals surface area contributed by atoms with Crippen LogP contribution in [0, 0.1) is 0 Å². The highest BCUT2D eigenvalue weighted by molar-refractivity contribution is 6.30. The number of nitrogens with zero attached hydrogens (tertiary/aromatic N) is 1. The van der Waals surface area contributed by atoms with E-state index in [9.17, 15) is 9.59 Å². The van der Waals surface area contributed by atoms with Gasteiger partial charge in [-0.2, -0.15) is 0 Å². The molecule has 0 spiro atoms. The van der Waals surface area contributed by atoms with Gasteiger partial charge in [-0.15, -0.1) is 0 Å². The standard InChI is InChI=1S/C22H18ClN3O2/c23-19-8-3-16(4-9-19)7-12-21(27)25-14-17-5-10-20(11-6-17)26-22(28)18-2-1-13-24-15-18/h1-13,15H,14H2,(H,25,27)(H,26,28)/b12-7+. The van der Waals surface area contributed by atoms with Crippen LogP contribution in [-0.2, 0) is 11.3 Å².